The van der Waals surface area contributed by atoms with Crippen LogP contribution in [0.5, 0.6) is 0 Å². The van der Waals surface area contributed by atoms with Gasteiger partial charge in [-0.15, -0.1) is 5.10 Å². The number of aliphatic carboxylic acids is 1. The number of hydrogen-bond donors (Lipinski definition) is 1. The van der Waals surface area contributed by atoms with E-state index in [-0.39, 0.29) is 6.54 Å². The maximum Gasteiger partial charge on any atom is 0.325 e. The molecule has 1 aliphatic heterocycles. The van der Waals surface area contributed by atoms with Crippen LogP contribution in [0, 0.1) is 0 Å². The molecule has 0 amide bonds. The molecule has 0 aliphatic carbocycles. The number of carboxylic acids is 1. The predicted octanol–water partition coefficient (Wildman–Crippen LogP) is 3.18. The average molecular weight is 363 g/mol. The molecule has 1 saturated heterocycles. The number of rotatable bonds is 6. The van der Waals surface area contributed by atoms with E-state index in [1.165, 1.54) is 29.5 Å². The van der Waals surface area contributed by atoms with Crippen molar-refractivity contribution in [3.63, 3.8) is 0 Å². The maximum atomic E-state index is 10.7. The van der Waals surface area contributed by atoms with Crippen molar-refractivity contribution in [1.29, 1.82) is 0 Å². The topological polar surface area (TPSA) is 71.2 Å². The highest BCUT2D eigenvalue weighted by Crippen LogP contribution is 2.30. The molecule has 0 bridgehead atoms. The molecule has 1 aromatic heterocycles. The van der Waals surface area contributed by atoms with Gasteiger partial charge >= 0.3 is 5.97 Å². The number of halogens is 1. The zero-order valence-corrected chi connectivity index (χ0v) is 14.9. The van der Waals surface area contributed by atoms with E-state index in [1.54, 1.807) is 6.20 Å². The summed E-state index contributed by atoms with van der Waals surface area (Å²) >= 11 is 6.03. The number of likely N-dealkylation sites (tertiary alicyclic amines) is 1. The van der Waals surface area contributed by atoms with Gasteiger partial charge in [-0.05, 0) is 37.1 Å². The van der Waals surface area contributed by atoms with E-state index in [0.717, 1.165) is 36.6 Å². The number of hydrogen-bond acceptors (Lipinski definition) is 4. The van der Waals surface area contributed by atoms with Gasteiger partial charge in [-0.25, -0.2) is 4.68 Å². The molecule has 25 heavy (non-hydrogen) atoms. The lowest BCUT2D eigenvalue weighted by Crippen LogP contribution is -2.30. The fourth-order valence-corrected chi connectivity index (χ4v) is 3.55. The molecular formula is C18H23ClN4O2. The summed E-state index contributed by atoms with van der Waals surface area (Å²) in [5.41, 5.74) is 2.14. The third kappa shape index (κ3) is 5.03. The standard InChI is InChI=1S/C18H23ClN4O2/c19-15-7-5-14(6-8-15)17-4-2-1-3-10-22(17)11-9-16-12-23(21-20-16)13-18(24)25/h5-8,12,17H,1-4,9-11,13H2,(H,24,25). The van der Waals surface area contributed by atoms with Crippen LogP contribution >= 0.6 is 11.6 Å². The highest BCUT2D eigenvalue weighted by atomic mass is 35.5. The third-order valence-electron chi connectivity index (χ3n) is 4.66. The molecule has 1 aromatic carbocycles. The summed E-state index contributed by atoms with van der Waals surface area (Å²) < 4.78 is 1.37. The molecule has 1 atom stereocenters. The number of benzene rings is 1. The van der Waals surface area contributed by atoms with Gasteiger partial charge in [0.05, 0.1) is 5.69 Å². The van der Waals surface area contributed by atoms with Gasteiger partial charge < -0.3 is 5.11 Å². The Balaban J connectivity index is 1.66. The second-order valence-electron chi connectivity index (χ2n) is 6.50. The smallest absolute Gasteiger partial charge is 0.325 e. The summed E-state index contributed by atoms with van der Waals surface area (Å²) in [5, 5.41) is 17.5. The van der Waals surface area contributed by atoms with Crippen molar-refractivity contribution in [1.82, 2.24) is 19.9 Å². The van der Waals surface area contributed by atoms with Crippen LogP contribution in [0.2, 0.25) is 5.02 Å². The summed E-state index contributed by atoms with van der Waals surface area (Å²) in [5.74, 6) is -0.910. The second kappa shape index (κ2) is 8.45. The molecular weight excluding hydrogens is 340 g/mol. The summed E-state index contributed by atoms with van der Waals surface area (Å²) in [7, 11) is 0. The van der Waals surface area contributed by atoms with Crippen molar-refractivity contribution in [2.75, 3.05) is 13.1 Å². The Kier molecular flexibility index (Phi) is 6.04. The number of carbonyl (C=O) groups is 1. The van der Waals surface area contributed by atoms with E-state index in [0.29, 0.717) is 6.04 Å². The maximum absolute atomic E-state index is 10.7. The van der Waals surface area contributed by atoms with Crippen LogP contribution in [0.25, 0.3) is 0 Å². The normalized spacial score (nSPS) is 18.8. The fraction of sp³-hybridized carbons (Fsp3) is 0.500. The lowest BCUT2D eigenvalue weighted by Gasteiger charge is -2.30. The minimum atomic E-state index is -0.910. The van der Waals surface area contributed by atoms with E-state index in [4.69, 9.17) is 16.7 Å². The monoisotopic (exact) mass is 362 g/mol. The molecule has 2 aromatic rings. The van der Waals surface area contributed by atoms with Gasteiger partial charge in [0, 0.05) is 30.2 Å². The lowest BCUT2D eigenvalue weighted by molar-refractivity contribution is -0.137. The summed E-state index contributed by atoms with van der Waals surface area (Å²) in [6.07, 6.45) is 7.34. The fourth-order valence-electron chi connectivity index (χ4n) is 3.42. The Morgan fingerprint density at radius 1 is 1.24 bits per heavy atom. The van der Waals surface area contributed by atoms with Crippen LogP contribution in [-0.2, 0) is 17.8 Å². The Morgan fingerprint density at radius 3 is 2.80 bits per heavy atom. The van der Waals surface area contributed by atoms with Gasteiger partial charge in [0.2, 0.25) is 0 Å². The molecule has 1 unspecified atom stereocenters. The van der Waals surface area contributed by atoms with E-state index >= 15 is 0 Å². The van der Waals surface area contributed by atoms with Crippen LogP contribution in [0.15, 0.2) is 30.5 Å². The summed E-state index contributed by atoms with van der Waals surface area (Å²) in [6.45, 7) is 1.81. The largest absolute Gasteiger partial charge is 0.480 e. The van der Waals surface area contributed by atoms with Crippen LogP contribution in [0.1, 0.15) is 43.0 Å². The molecule has 1 aliphatic rings. The van der Waals surface area contributed by atoms with Crippen molar-refractivity contribution in [3.05, 3.63) is 46.7 Å². The first-order valence-electron chi connectivity index (χ1n) is 8.72. The third-order valence-corrected chi connectivity index (χ3v) is 4.91. The molecule has 1 N–H and O–H groups in total. The Labute approximate surface area is 152 Å². The number of carboxylic acid groups (broad SMARTS) is 1. The van der Waals surface area contributed by atoms with Crippen molar-refractivity contribution < 1.29 is 9.90 Å². The van der Waals surface area contributed by atoms with Gasteiger partial charge in [-0.2, -0.15) is 0 Å². The zero-order valence-electron chi connectivity index (χ0n) is 14.1. The van der Waals surface area contributed by atoms with Gasteiger partial charge in [0.25, 0.3) is 0 Å². The van der Waals surface area contributed by atoms with Gasteiger partial charge in [0.1, 0.15) is 6.54 Å². The Hall–Kier alpha value is -1.92. The SMILES string of the molecule is O=C(O)Cn1cc(CCN2CCCCCC2c2ccc(Cl)cc2)nn1. The lowest BCUT2D eigenvalue weighted by atomic mass is 10.0. The average Bonchev–Trinajstić information content (AvgIpc) is 2.88. The van der Waals surface area contributed by atoms with Crippen LogP contribution < -0.4 is 0 Å². The van der Waals surface area contributed by atoms with Crippen LogP contribution in [0.3, 0.4) is 0 Å². The second-order valence-corrected chi connectivity index (χ2v) is 6.94. The summed E-state index contributed by atoms with van der Waals surface area (Å²) in [4.78, 5) is 13.2. The van der Waals surface area contributed by atoms with Crippen LogP contribution in [0.4, 0.5) is 0 Å². The van der Waals surface area contributed by atoms with E-state index < -0.39 is 5.97 Å². The minimum Gasteiger partial charge on any atom is -0.480 e. The number of nitrogens with zero attached hydrogens (tertiary/aromatic N) is 4. The van der Waals surface area contributed by atoms with Gasteiger partial charge in [-0.1, -0.05) is 41.8 Å². The summed E-state index contributed by atoms with van der Waals surface area (Å²) in [6, 6.07) is 8.55. The number of aromatic nitrogens is 3. The Bertz CT molecular complexity index is 701. The van der Waals surface area contributed by atoms with Gasteiger partial charge in [-0.3, -0.25) is 9.69 Å². The first-order chi connectivity index (χ1) is 12.1. The van der Waals surface area contributed by atoms with E-state index in [9.17, 15) is 4.79 Å². The van der Waals surface area contributed by atoms with Gasteiger partial charge in [0.15, 0.2) is 0 Å². The molecule has 0 saturated carbocycles. The quantitative estimate of drug-likeness (QED) is 0.854. The molecule has 6 nitrogen and oxygen atoms in total. The highest BCUT2D eigenvalue weighted by Gasteiger charge is 2.22. The molecule has 1 fully saturated rings. The molecule has 3 rings (SSSR count). The van der Waals surface area contributed by atoms with Crippen molar-refractivity contribution in [2.45, 2.75) is 44.7 Å². The van der Waals surface area contributed by atoms with Crippen molar-refractivity contribution >= 4 is 17.6 Å². The predicted molar refractivity (Wildman–Crippen MR) is 95.6 cm³/mol. The Morgan fingerprint density at radius 2 is 2.04 bits per heavy atom. The minimum absolute atomic E-state index is 0.149. The molecule has 134 valence electrons. The van der Waals surface area contributed by atoms with E-state index in [2.05, 4.69) is 27.3 Å². The zero-order chi connectivity index (χ0) is 17.6. The molecule has 2 heterocycles. The first kappa shape index (κ1) is 17.9. The van der Waals surface area contributed by atoms with Crippen molar-refractivity contribution in [3.8, 4) is 0 Å². The van der Waals surface area contributed by atoms with E-state index in [1.807, 2.05) is 12.1 Å². The molecule has 0 radical (unpaired) electrons. The molecule has 0 spiro atoms. The molecule has 7 heteroatoms. The first-order valence-corrected chi connectivity index (χ1v) is 9.10. The highest BCUT2D eigenvalue weighted by molar-refractivity contribution is 6.30. The van der Waals surface area contributed by atoms with Crippen LogP contribution in [-0.4, -0.2) is 44.1 Å². The van der Waals surface area contributed by atoms with Crippen molar-refractivity contribution in [2.24, 2.45) is 0 Å².